The summed E-state index contributed by atoms with van der Waals surface area (Å²) in [4.78, 5) is 24.6. The number of aromatic nitrogens is 2. The predicted octanol–water partition coefficient (Wildman–Crippen LogP) is 3.57. The first-order chi connectivity index (χ1) is 13.2. The lowest BCUT2D eigenvalue weighted by Gasteiger charge is -2.24. The molecule has 0 unspecified atom stereocenters. The van der Waals surface area contributed by atoms with Gasteiger partial charge in [0.1, 0.15) is 11.6 Å². The van der Waals surface area contributed by atoms with Crippen molar-refractivity contribution in [2.45, 2.75) is 6.42 Å². The Morgan fingerprint density at radius 3 is 2.59 bits per heavy atom. The Labute approximate surface area is 157 Å². The molecule has 1 amide bonds. The summed E-state index contributed by atoms with van der Waals surface area (Å²) in [6, 6.07) is 14.1. The van der Waals surface area contributed by atoms with Crippen LogP contribution in [0.5, 0.6) is 0 Å². The minimum absolute atomic E-state index is 0.0166. The lowest BCUT2D eigenvalue weighted by atomic mass is 10.1. The molecule has 0 radical (unpaired) electrons. The molecule has 0 spiro atoms. The summed E-state index contributed by atoms with van der Waals surface area (Å²) in [6.07, 6.45) is 4.30. The molecule has 0 saturated carbocycles. The second-order valence-electron chi connectivity index (χ2n) is 6.59. The number of nitrogens with zero attached hydrogens (tertiary/aromatic N) is 3. The maximum atomic E-state index is 13.2. The van der Waals surface area contributed by atoms with Gasteiger partial charge in [-0.15, -0.1) is 0 Å². The molecule has 3 aromatic rings. The van der Waals surface area contributed by atoms with Crippen molar-refractivity contribution in [1.82, 2.24) is 14.9 Å². The Bertz CT molecular complexity index is 908. The van der Waals surface area contributed by atoms with Gasteiger partial charge in [0.25, 0.3) is 5.91 Å². The summed E-state index contributed by atoms with van der Waals surface area (Å²) in [7, 11) is 0. The maximum Gasteiger partial charge on any atom is 0.254 e. The van der Waals surface area contributed by atoms with Crippen LogP contribution in [0, 0.1) is 5.82 Å². The quantitative estimate of drug-likeness (QED) is 0.773. The molecule has 1 aliphatic rings. The number of hydrogen-bond donors (Lipinski definition) is 1. The van der Waals surface area contributed by atoms with Crippen molar-refractivity contribution >= 4 is 11.6 Å². The van der Waals surface area contributed by atoms with Crippen molar-refractivity contribution in [3.63, 3.8) is 0 Å². The maximum absolute atomic E-state index is 13.2. The highest BCUT2D eigenvalue weighted by Crippen LogP contribution is 2.23. The van der Waals surface area contributed by atoms with E-state index in [4.69, 9.17) is 0 Å². The highest BCUT2D eigenvalue weighted by molar-refractivity contribution is 6.00. The fourth-order valence-corrected chi connectivity index (χ4v) is 3.49. The molecule has 138 valence electrons. The Balaban J connectivity index is 1.52. The molecule has 0 aliphatic carbocycles. The average molecular weight is 364 g/mol. The van der Waals surface area contributed by atoms with Crippen molar-refractivity contribution in [3.05, 3.63) is 72.3 Å². The van der Waals surface area contributed by atoms with Gasteiger partial charge in [-0.25, -0.2) is 9.37 Å². The summed E-state index contributed by atoms with van der Waals surface area (Å²) < 4.78 is 13.2. The van der Waals surface area contributed by atoms with E-state index < -0.39 is 0 Å². The molecule has 2 aromatic carbocycles. The molecule has 1 aliphatic heterocycles. The topological polar surface area (TPSA) is 52.2 Å². The van der Waals surface area contributed by atoms with Gasteiger partial charge in [0.2, 0.25) is 0 Å². The van der Waals surface area contributed by atoms with Gasteiger partial charge >= 0.3 is 0 Å². The fraction of sp³-hybridized carbons (Fsp3) is 0.238. The molecule has 1 aromatic heterocycles. The molecule has 1 fully saturated rings. The van der Waals surface area contributed by atoms with E-state index in [1.807, 2.05) is 29.2 Å². The summed E-state index contributed by atoms with van der Waals surface area (Å²) >= 11 is 0. The number of nitrogens with one attached hydrogen (secondary N) is 1. The van der Waals surface area contributed by atoms with Crippen molar-refractivity contribution in [2.75, 3.05) is 31.1 Å². The second-order valence-corrected chi connectivity index (χ2v) is 6.59. The van der Waals surface area contributed by atoms with Crippen molar-refractivity contribution in [3.8, 4) is 11.4 Å². The fourth-order valence-electron chi connectivity index (χ4n) is 3.49. The average Bonchev–Trinajstić information content (AvgIpc) is 3.13. The summed E-state index contributed by atoms with van der Waals surface area (Å²) in [5.41, 5.74) is 2.46. The Morgan fingerprint density at radius 2 is 1.81 bits per heavy atom. The van der Waals surface area contributed by atoms with Gasteiger partial charge in [-0.05, 0) is 36.8 Å². The number of H-pyrrole nitrogens is 1. The number of hydrogen-bond acceptors (Lipinski definition) is 3. The molecular weight excluding hydrogens is 343 g/mol. The molecule has 4 rings (SSSR count). The van der Waals surface area contributed by atoms with Gasteiger partial charge in [-0.3, -0.25) is 4.79 Å². The van der Waals surface area contributed by atoms with Crippen LogP contribution in [0.1, 0.15) is 16.8 Å². The predicted molar refractivity (Wildman–Crippen MR) is 103 cm³/mol. The van der Waals surface area contributed by atoms with Gasteiger partial charge in [0.15, 0.2) is 0 Å². The standard InChI is InChI=1S/C21H21FN4O/c22-16-6-8-17(9-7-16)25-12-3-13-26(15-14-25)21(27)19-5-2-1-4-18(19)20-23-10-11-24-20/h1-2,4-11H,3,12-15H2,(H,23,24). The van der Waals surface area contributed by atoms with E-state index in [1.54, 1.807) is 24.5 Å². The van der Waals surface area contributed by atoms with Gasteiger partial charge in [-0.2, -0.15) is 0 Å². The van der Waals surface area contributed by atoms with Crippen LogP contribution in [0.2, 0.25) is 0 Å². The molecular formula is C21H21FN4O. The SMILES string of the molecule is O=C(c1ccccc1-c1ncc[nH]1)N1CCCN(c2ccc(F)cc2)CC1. The number of imidazole rings is 1. The summed E-state index contributed by atoms with van der Waals surface area (Å²) in [5.74, 6) is 0.476. The monoisotopic (exact) mass is 364 g/mol. The number of carbonyl (C=O) groups is 1. The molecule has 1 N–H and O–H groups in total. The van der Waals surface area contributed by atoms with E-state index >= 15 is 0 Å². The number of aromatic amines is 1. The molecule has 0 bridgehead atoms. The van der Waals surface area contributed by atoms with E-state index in [0.29, 0.717) is 24.5 Å². The van der Waals surface area contributed by atoms with Gasteiger partial charge < -0.3 is 14.8 Å². The third kappa shape index (κ3) is 3.69. The van der Waals surface area contributed by atoms with Crippen LogP contribution >= 0.6 is 0 Å². The number of amides is 1. The molecule has 1 saturated heterocycles. The zero-order valence-corrected chi connectivity index (χ0v) is 14.9. The molecule has 5 nitrogen and oxygen atoms in total. The molecule has 0 atom stereocenters. The van der Waals surface area contributed by atoms with Crippen LogP contribution in [0.3, 0.4) is 0 Å². The van der Waals surface area contributed by atoms with Crippen LogP contribution in [0.25, 0.3) is 11.4 Å². The Kier molecular flexibility index (Phi) is 4.87. The van der Waals surface area contributed by atoms with E-state index in [0.717, 1.165) is 30.8 Å². The third-order valence-corrected chi connectivity index (χ3v) is 4.89. The number of halogens is 1. The first-order valence-corrected chi connectivity index (χ1v) is 9.11. The zero-order chi connectivity index (χ0) is 18.6. The lowest BCUT2D eigenvalue weighted by Crippen LogP contribution is -2.35. The van der Waals surface area contributed by atoms with Gasteiger partial charge in [0.05, 0.1) is 5.56 Å². The van der Waals surface area contributed by atoms with Crippen molar-refractivity contribution in [2.24, 2.45) is 0 Å². The van der Waals surface area contributed by atoms with E-state index in [-0.39, 0.29) is 11.7 Å². The number of benzene rings is 2. The summed E-state index contributed by atoms with van der Waals surface area (Å²) in [5, 5.41) is 0. The molecule has 6 heteroatoms. The van der Waals surface area contributed by atoms with Crippen LogP contribution in [-0.2, 0) is 0 Å². The minimum atomic E-state index is -0.236. The van der Waals surface area contributed by atoms with Gasteiger partial charge in [-0.1, -0.05) is 18.2 Å². The van der Waals surface area contributed by atoms with Crippen LogP contribution in [0.15, 0.2) is 60.9 Å². The summed E-state index contributed by atoms with van der Waals surface area (Å²) in [6.45, 7) is 2.89. The number of rotatable bonds is 3. The number of carbonyl (C=O) groups excluding carboxylic acids is 1. The van der Waals surface area contributed by atoms with E-state index in [2.05, 4.69) is 14.9 Å². The highest BCUT2D eigenvalue weighted by Gasteiger charge is 2.23. The highest BCUT2D eigenvalue weighted by atomic mass is 19.1. The zero-order valence-electron chi connectivity index (χ0n) is 14.9. The smallest absolute Gasteiger partial charge is 0.254 e. The normalized spacial score (nSPS) is 14.9. The third-order valence-electron chi connectivity index (χ3n) is 4.89. The van der Waals surface area contributed by atoms with E-state index in [9.17, 15) is 9.18 Å². The first-order valence-electron chi connectivity index (χ1n) is 9.11. The van der Waals surface area contributed by atoms with Crippen LogP contribution in [0.4, 0.5) is 10.1 Å². The van der Waals surface area contributed by atoms with Crippen molar-refractivity contribution < 1.29 is 9.18 Å². The van der Waals surface area contributed by atoms with Crippen LogP contribution in [-0.4, -0.2) is 47.0 Å². The molecule has 27 heavy (non-hydrogen) atoms. The largest absolute Gasteiger partial charge is 0.370 e. The Morgan fingerprint density at radius 1 is 1.00 bits per heavy atom. The molecule has 2 heterocycles. The second kappa shape index (κ2) is 7.61. The minimum Gasteiger partial charge on any atom is -0.370 e. The van der Waals surface area contributed by atoms with E-state index in [1.165, 1.54) is 12.1 Å². The van der Waals surface area contributed by atoms with Crippen molar-refractivity contribution in [1.29, 1.82) is 0 Å². The first kappa shape index (κ1) is 17.3. The number of anilines is 1. The van der Waals surface area contributed by atoms with Crippen LogP contribution < -0.4 is 4.90 Å². The Hall–Kier alpha value is -3.15. The van der Waals surface area contributed by atoms with Gasteiger partial charge in [0, 0.05) is 49.8 Å². The lowest BCUT2D eigenvalue weighted by molar-refractivity contribution is 0.0767.